The summed E-state index contributed by atoms with van der Waals surface area (Å²) in [6, 6.07) is 7.42. The molecule has 0 bridgehead atoms. The lowest BCUT2D eigenvalue weighted by atomic mass is 10.1. The van der Waals surface area contributed by atoms with Gasteiger partial charge in [-0.25, -0.2) is 4.79 Å². The number of carbonyl (C=O) groups excluding carboxylic acids is 2. The van der Waals surface area contributed by atoms with E-state index in [0.717, 1.165) is 12.0 Å². The van der Waals surface area contributed by atoms with Crippen molar-refractivity contribution in [3.63, 3.8) is 0 Å². The van der Waals surface area contributed by atoms with Crippen molar-refractivity contribution in [1.29, 1.82) is 0 Å². The maximum Gasteiger partial charge on any atom is 0.410 e. The molecule has 1 aromatic rings. The van der Waals surface area contributed by atoms with Gasteiger partial charge in [0.2, 0.25) is 0 Å². The van der Waals surface area contributed by atoms with Gasteiger partial charge in [0.1, 0.15) is 5.60 Å². The van der Waals surface area contributed by atoms with Gasteiger partial charge in [0, 0.05) is 24.7 Å². The molecule has 1 saturated heterocycles. The first-order chi connectivity index (χ1) is 10.2. The van der Waals surface area contributed by atoms with Crippen LogP contribution in [0.4, 0.5) is 4.79 Å². The SMILES string of the molecule is Cc1ccc(C(=O)N[C@@H]2CCN(C(=O)OC(C)(C)C)C2)cc1. The minimum absolute atomic E-state index is 0.0266. The van der Waals surface area contributed by atoms with E-state index in [4.69, 9.17) is 4.74 Å². The van der Waals surface area contributed by atoms with E-state index >= 15 is 0 Å². The molecule has 0 aliphatic carbocycles. The van der Waals surface area contributed by atoms with Gasteiger partial charge in [-0.15, -0.1) is 0 Å². The highest BCUT2D eigenvalue weighted by atomic mass is 16.6. The van der Waals surface area contributed by atoms with Crippen LogP contribution in [-0.2, 0) is 4.74 Å². The molecule has 1 aliphatic heterocycles. The molecule has 5 heteroatoms. The molecule has 1 aliphatic rings. The Labute approximate surface area is 131 Å². The normalized spacial score (nSPS) is 18.2. The molecule has 1 N–H and O–H groups in total. The number of hydrogen-bond donors (Lipinski definition) is 1. The highest BCUT2D eigenvalue weighted by Gasteiger charge is 2.30. The summed E-state index contributed by atoms with van der Waals surface area (Å²) in [4.78, 5) is 25.8. The van der Waals surface area contributed by atoms with Crippen molar-refractivity contribution in [1.82, 2.24) is 10.2 Å². The van der Waals surface area contributed by atoms with Crippen LogP contribution in [0.25, 0.3) is 0 Å². The van der Waals surface area contributed by atoms with Crippen molar-refractivity contribution < 1.29 is 14.3 Å². The first-order valence-electron chi connectivity index (χ1n) is 7.60. The smallest absolute Gasteiger partial charge is 0.410 e. The van der Waals surface area contributed by atoms with Crippen LogP contribution in [0.3, 0.4) is 0 Å². The Kier molecular flexibility index (Phi) is 4.74. The van der Waals surface area contributed by atoms with E-state index in [9.17, 15) is 9.59 Å². The molecule has 120 valence electrons. The zero-order valence-corrected chi connectivity index (χ0v) is 13.7. The predicted molar refractivity (Wildman–Crippen MR) is 84.9 cm³/mol. The van der Waals surface area contributed by atoms with Crippen LogP contribution in [0.2, 0.25) is 0 Å². The zero-order valence-electron chi connectivity index (χ0n) is 13.7. The third-order valence-corrected chi connectivity index (χ3v) is 3.49. The Hall–Kier alpha value is -2.04. The molecule has 1 atom stereocenters. The zero-order chi connectivity index (χ0) is 16.3. The molecule has 0 radical (unpaired) electrons. The number of carbonyl (C=O) groups is 2. The fraction of sp³-hybridized carbons (Fsp3) is 0.529. The monoisotopic (exact) mass is 304 g/mol. The van der Waals surface area contributed by atoms with Crippen LogP contribution < -0.4 is 5.32 Å². The quantitative estimate of drug-likeness (QED) is 0.914. The van der Waals surface area contributed by atoms with E-state index in [-0.39, 0.29) is 18.0 Å². The number of ether oxygens (including phenoxy) is 1. The van der Waals surface area contributed by atoms with E-state index in [1.54, 1.807) is 4.90 Å². The van der Waals surface area contributed by atoms with E-state index in [0.29, 0.717) is 18.7 Å². The summed E-state index contributed by atoms with van der Waals surface area (Å²) in [5, 5.41) is 2.97. The Morgan fingerprint density at radius 2 is 1.86 bits per heavy atom. The minimum Gasteiger partial charge on any atom is -0.444 e. The summed E-state index contributed by atoms with van der Waals surface area (Å²) in [6.45, 7) is 8.62. The molecule has 1 heterocycles. The maximum absolute atomic E-state index is 12.2. The summed E-state index contributed by atoms with van der Waals surface area (Å²) in [5.74, 6) is -0.101. The van der Waals surface area contributed by atoms with E-state index in [2.05, 4.69) is 5.32 Å². The van der Waals surface area contributed by atoms with E-state index in [1.807, 2.05) is 52.0 Å². The van der Waals surface area contributed by atoms with Crippen molar-refractivity contribution in [2.45, 2.75) is 45.8 Å². The fourth-order valence-corrected chi connectivity index (χ4v) is 2.34. The highest BCUT2D eigenvalue weighted by molar-refractivity contribution is 5.94. The van der Waals surface area contributed by atoms with Crippen molar-refractivity contribution >= 4 is 12.0 Å². The van der Waals surface area contributed by atoms with Crippen LogP contribution in [0.5, 0.6) is 0 Å². The van der Waals surface area contributed by atoms with Crippen molar-refractivity contribution in [3.8, 4) is 0 Å². The Morgan fingerprint density at radius 3 is 2.45 bits per heavy atom. The second-order valence-corrected chi connectivity index (χ2v) is 6.75. The van der Waals surface area contributed by atoms with E-state index in [1.165, 1.54) is 0 Å². The Morgan fingerprint density at radius 1 is 1.23 bits per heavy atom. The number of amides is 2. The van der Waals surface area contributed by atoms with Crippen molar-refractivity contribution in [2.24, 2.45) is 0 Å². The largest absolute Gasteiger partial charge is 0.444 e. The molecular formula is C17H24N2O3. The summed E-state index contributed by atoms with van der Waals surface area (Å²) < 4.78 is 5.35. The maximum atomic E-state index is 12.2. The molecule has 2 rings (SSSR count). The van der Waals surface area contributed by atoms with Gasteiger partial charge < -0.3 is 15.0 Å². The van der Waals surface area contributed by atoms with Gasteiger partial charge >= 0.3 is 6.09 Å². The Bertz CT molecular complexity index is 546. The number of nitrogens with zero attached hydrogens (tertiary/aromatic N) is 1. The molecule has 22 heavy (non-hydrogen) atoms. The first-order valence-corrected chi connectivity index (χ1v) is 7.60. The number of hydrogen-bond acceptors (Lipinski definition) is 3. The van der Waals surface area contributed by atoms with Gasteiger partial charge in [-0.2, -0.15) is 0 Å². The summed E-state index contributed by atoms with van der Waals surface area (Å²) >= 11 is 0. The summed E-state index contributed by atoms with van der Waals surface area (Å²) in [7, 11) is 0. The molecular weight excluding hydrogens is 280 g/mol. The molecule has 0 saturated carbocycles. The average Bonchev–Trinajstić information content (AvgIpc) is 2.86. The lowest BCUT2D eigenvalue weighted by Gasteiger charge is -2.24. The van der Waals surface area contributed by atoms with Crippen molar-refractivity contribution in [3.05, 3.63) is 35.4 Å². The third kappa shape index (κ3) is 4.48. The van der Waals surface area contributed by atoms with E-state index < -0.39 is 5.60 Å². The van der Waals surface area contributed by atoms with Crippen LogP contribution >= 0.6 is 0 Å². The second-order valence-electron chi connectivity index (χ2n) is 6.75. The summed E-state index contributed by atoms with van der Waals surface area (Å²) in [5.41, 5.74) is 1.26. The lowest BCUT2D eigenvalue weighted by molar-refractivity contribution is 0.0290. The summed E-state index contributed by atoms with van der Waals surface area (Å²) in [6.07, 6.45) is 0.427. The van der Waals surface area contributed by atoms with Gasteiger partial charge in [0.05, 0.1) is 0 Å². The number of benzene rings is 1. The van der Waals surface area contributed by atoms with Gasteiger partial charge in [0.15, 0.2) is 0 Å². The fourth-order valence-electron chi connectivity index (χ4n) is 2.34. The van der Waals surface area contributed by atoms with Crippen molar-refractivity contribution in [2.75, 3.05) is 13.1 Å². The average molecular weight is 304 g/mol. The highest BCUT2D eigenvalue weighted by Crippen LogP contribution is 2.15. The number of likely N-dealkylation sites (tertiary alicyclic amines) is 1. The number of nitrogens with one attached hydrogen (secondary N) is 1. The molecule has 0 unspecified atom stereocenters. The van der Waals surface area contributed by atoms with Gasteiger partial charge in [-0.1, -0.05) is 17.7 Å². The van der Waals surface area contributed by atoms with Crippen LogP contribution in [0, 0.1) is 6.92 Å². The number of aryl methyl sites for hydroxylation is 1. The molecule has 1 aromatic carbocycles. The third-order valence-electron chi connectivity index (χ3n) is 3.49. The molecule has 0 aromatic heterocycles. The minimum atomic E-state index is -0.500. The standard InChI is InChI=1S/C17H24N2O3/c1-12-5-7-13(8-6-12)15(20)18-14-9-10-19(11-14)16(21)22-17(2,3)4/h5-8,14H,9-11H2,1-4H3,(H,18,20)/t14-/m1/s1. The first kappa shape index (κ1) is 16.3. The Balaban J connectivity index is 1.87. The molecule has 1 fully saturated rings. The number of rotatable bonds is 2. The molecule has 0 spiro atoms. The second kappa shape index (κ2) is 6.38. The topological polar surface area (TPSA) is 58.6 Å². The van der Waals surface area contributed by atoms with Crippen LogP contribution in [0.15, 0.2) is 24.3 Å². The van der Waals surface area contributed by atoms with Crippen LogP contribution in [-0.4, -0.2) is 41.6 Å². The predicted octanol–water partition coefficient (Wildman–Crippen LogP) is 2.73. The van der Waals surface area contributed by atoms with Crippen LogP contribution in [0.1, 0.15) is 43.1 Å². The van der Waals surface area contributed by atoms with Gasteiger partial charge in [0.25, 0.3) is 5.91 Å². The molecule has 2 amide bonds. The van der Waals surface area contributed by atoms with Gasteiger partial charge in [-0.05, 0) is 46.2 Å². The molecule has 5 nitrogen and oxygen atoms in total. The lowest BCUT2D eigenvalue weighted by Crippen LogP contribution is -2.40. The van der Waals surface area contributed by atoms with Gasteiger partial charge in [-0.3, -0.25) is 4.79 Å².